The van der Waals surface area contributed by atoms with Gasteiger partial charge in [0, 0.05) is 12.1 Å². The summed E-state index contributed by atoms with van der Waals surface area (Å²) < 4.78 is 46.4. The number of carboxylic acid groups (broad SMARTS) is 1. The van der Waals surface area contributed by atoms with Crippen molar-refractivity contribution in [1.29, 1.82) is 5.53 Å². The zero-order valence-electron chi connectivity index (χ0n) is 20.3. The summed E-state index contributed by atoms with van der Waals surface area (Å²) in [4.78, 5) is 28.2. The lowest BCUT2D eigenvalue weighted by atomic mass is 9.96. The first kappa shape index (κ1) is 27.9. The van der Waals surface area contributed by atoms with E-state index in [1.807, 2.05) is 0 Å². The molecule has 4 rings (SSSR count). The molecule has 1 unspecified atom stereocenters. The molecule has 1 aliphatic rings. The van der Waals surface area contributed by atoms with E-state index < -0.39 is 59.7 Å². The number of fused-ring (bicyclic) bond motifs is 1. The summed E-state index contributed by atoms with van der Waals surface area (Å²) in [5.74, 6) is -1.72. The fourth-order valence-corrected chi connectivity index (χ4v) is 5.44. The Labute approximate surface area is 226 Å². The van der Waals surface area contributed by atoms with Crippen LogP contribution in [0.2, 0.25) is 5.02 Å². The molecule has 2 aromatic carbocycles. The van der Waals surface area contributed by atoms with E-state index in [4.69, 9.17) is 27.0 Å². The van der Waals surface area contributed by atoms with Crippen molar-refractivity contribution in [1.82, 2.24) is 19.6 Å². The molecule has 0 saturated heterocycles. The van der Waals surface area contributed by atoms with Crippen LogP contribution < -0.4 is 15.8 Å². The zero-order valence-corrected chi connectivity index (χ0v) is 21.9. The third-order valence-electron chi connectivity index (χ3n) is 6.18. The predicted octanol–water partition coefficient (Wildman–Crippen LogP) is 1.56. The van der Waals surface area contributed by atoms with Crippen molar-refractivity contribution in [3.63, 3.8) is 0 Å². The van der Waals surface area contributed by atoms with E-state index in [1.165, 1.54) is 28.9 Å². The number of rotatable bonds is 8. The first-order valence-electron chi connectivity index (χ1n) is 11.2. The van der Waals surface area contributed by atoms with E-state index in [0.717, 1.165) is 16.5 Å². The van der Waals surface area contributed by atoms with Gasteiger partial charge in [0.05, 0.1) is 34.3 Å². The molecule has 1 aliphatic heterocycles. The van der Waals surface area contributed by atoms with Crippen molar-refractivity contribution in [3.8, 4) is 11.3 Å². The van der Waals surface area contributed by atoms with Gasteiger partial charge in [0.2, 0.25) is 4.91 Å². The Bertz CT molecular complexity index is 1620. The van der Waals surface area contributed by atoms with Crippen LogP contribution in [0.1, 0.15) is 21.6 Å². The van der Waals surface area contributed by atoms with E-state index in [1.54, 1.807) is 19.1 Å². The lowest BCUT2D eigenvalue weighted by Gasteiger charge is -2.42. The third kappa shape index (κ3) is 5.38. The first-order chi connectivity index (χ1) is 18.4. The number of aryl methyl sites for hydroxylation is 1. The molecule has 2 heterocycles. The quantitative estimate of drug-likeness (QED) is 0.230. The zero-order chi connectivity index (χ0) is 28.5. The van der Waals surface area contributed by atoms with Crippen molar-refractivity contribution in [2.45, 2.75) is 23.9 Å². The minimum atomic E-state index is -4.35. The molecule has 0 bridgehead atoms. The average Bonchev–Trinajstić information content (AvgIpc) is 3.29. The fourth-order valence-electron chi connectivity index (χ4n) is 4.28. The van der Waals surface area contributed by atoms with E-state index in [0.29, 0.717) is 0 Å². The highest BCUT2D eigenvalue weighted by molar-refractivity contribution is 7.86. The van der Waals surface area contributed by atoms with Gasteiger partial charge >= 0.3 is 0 Å². The number of carbonyl (C=O) groups is 2. The van der Waals surface area contributed by atoms with Crippen LogP contribution in [0.3, 0.4) is 0 Å². The summed E-state index contributed by atoms with van der Waals surface area (Å²) in [6.07, 6.45) is -1.64. The predicted molar refractivity (Wildman–Crippen MR) is 131 cm³/mol. The number of aromatic nitrogens is 2. The van der Waals surface area contributed by atoms with Crippen LogP contribution in [0.5, 0.6) is 0 Å². The Morgan fingerprint density at radius 2 is 2.00 bits per heavy atom. The second kappa shape index (κ2) is 10.5. The van der Waals surface area contributed by atoms with Crippen LogP contribution >= 0.6 is 11.6 Å². The highest BCUT2D eigenvalue weighted by atomic mass is 35.5. The molecule has 3 N–H and O–H groups in total. The number of benzene rings is 2. The molecule has 1 atom stereocenters. The van der Waals surface area contributed by atoms with Crippen LogP contribution in [0.25, 0.3) is 11.3 Å². The van der Waals surface area contributed by atoms with Gasteiger partial charge in [0.25, 0.3) is 16.0 Å². The van der Waals surface area contributed by atoms with Gasteiger partial charge in [-0.1, -0.05) is 29.3 Å². The standard InChI is InChI=1S/C23H21ClFN7O6S/c1-13-2-5-15(6-3-13)39(36,37)38-12-23(10-28-30-27)11-31(22(34)35)9-18-19(21(26)33)20(29-32(18)23)14-4-7-17(25)16(24)8-14/h2-8,27H,9-12H2,1H3,(H2-,26,33,34,35). The third-order valence-corrected chi connectivity index (χ3v) is 7.75. The Morgan fingerprint density at radius 3 is 2.59 bits per heavy atom. The lowest BCUT2D eigenvalue weighted by molar-refractivity contribution is -0.268. The van der Waals surface area contributed by atoms with Gasteiger partial charge in [-0.3, -0.25) is 13.7 Å². The summed E-state index contributed by atoms with van der Waals surface area (Å²) in [5.41, 5.74) is 11.8. The largest absolute Gasteiger partial charge is 0.530 e. The molecule has 1 aromatic heterocycles. The van der Waals surface area contributed by atoms with Crippen molar-refractivity contribution in [3.05, 3.63) is 70.1 Å². The van der Waals surface area contributed by atoms with E-state index in [9.17, 15) is 27.5 Å². The van der Waals surface area contributed by atoms with Crippen molar-refractivity contribution >= 4 is 33.7 Å². The Kier molecular flexibility index (Phi) is 7.52. The molecule has 0 spiro atoms. The van der Waals surface area contributed by atoms with Gasteiger partial charge in [0.1, 0.15) is 33.8 Å². The number of nitrogens with two attached hydrogens (primary N) is 1. The monoisotopic (exact) mass is 577 g/mol. The molecular weight excluding hydrogens is 557 g/mol. The Hall–Kier alpha value is -4.17. The molecule has 0 fully saturated rings. The topological polar surface area (TPSA) is 198 Å². The fraction of sp³-hybridized carbons (Fsp3) is 0.261. The number of nitrogens with zero attached hydrogens (tertiary/aromatic N) is 5. The maximum absolute atomic E-state index is 13.8. The van der Waals surface area contributed by atoms with Crippen molar-refractivity contribution < 1.29 is 31.7 Å². The Balaban J connectivity index is 1.90. The molecule has 204 valence electrons. The SMILES string of the molecule is Cc1ccc(S(=O)(=O)OCC2(CN=[N+]=N)CN(C(=O)[O-])Cc3c(C(N)=O)c(-c4ccc(F)c(Cl)c4)nn32)cc1. The maximum Gasteiger partial charge on any atom is 0.297 e. The van der Waals surface area contributed by atoms with Gasteiger partial charge in [-0.15, -0.1) is 0 Å². The molecule has 0 aliphatic carbocycles. The summed E-state index contributed by atoms with van der Waals surface area (Å²) in [6.45, 7) is -0.278. The minimum Gasteiger partial charge on any atom is -0.530 e. The number of hydrogen-bond donors (Lipinski definition) is 2. The van der Waals surface area contributed by atoms with Gasteiger partial charge in [-0.05, 0) is 37.3 Å². The molecule has 0 radical (unpaired) electrons. The van der Waals surface area contributed by atoms with E-state index in [-0.39, 0.29) is 32.4 Å². The highest BCUT2D eigenvalue weighted by Gasteiger charge is 2.46. The molecule has 0 saturated carbocycles. The van der Waals surface area contributed by atoms with Crippen LogP contribution in [-0.4, -0.2) is 54.8 Å². The average molecular weight is 578 g/mol. The summed E-state index contributed by atoms with van der Waals surface area (Å²) in [5, 5.41) is 19.8. The number of amides is 2. The molecule has 3 aromatic rings. The van der Waals surface area contributed by atoms with Gasteiger partial charge in [0.15, 0.2) is 6.54 Å². The maximum atomic E-state index is 13.8. The first-order valence-corrected chi connectivity index (χ1v) is 13.0. The van der Waals surface area contributed by atoms with Crippen LogP contribution in [-0.2, 0) is 26.4 Å². The molecular formula is C23H21ClFN7O6S. The normalized spacial score (nSPS) is 16.8. The molecule has 13 nitrogen and oxygen atoms in total. The highest BCUT2D eigenvalue weighted by Crippen LogP contribution is 2.36. The molecule has 2 amide bonds. The van der Waals surface area contributed by atoms with E-state index in [2.05, 4.69) is 15.1 Å². The lowest BCUT2D eigenvalue weighted by Crippen LogP contribution is -2.59. The van der Waals surface area contributed by atoms with Crippen molar-refractivity contribution in [2.75, 3.05) is 19.7 Å². The van der Waals surface area contributed by atoms with Gasteiger partial charge in [-0.2, -0.15) is 13.5 Å². The second-order valence-corrected chi connectivity index (χ2v) is 10.9. The van der Waals surface area contributed by atoms with Gasteiger partial charge in [-0.25, -0.2) is 4.39 Å². The smallest absolute Gasteiger partial charge is 0.297 e. The minimum absolute atomic E-state index is 0.0232. The second-order valence-electron chi connectivity index (χ2n) is 8.85. The number of carbonyl (C=O) groups excluding carboxylic acids is 2. The summed E-state index contributed by atoms with van der Waals surface area (Å²) >= 11 is 5.92. The number of primary amides is 1. The van der Waals surface area contributed by atoms with Crippen LogP contribution in [0.15, 0.2) is 52.5 Å². The van der Waals surface area contributed by atoms with Crippen LogP contribution in [0, 0.1) is 18.3 Å². The number of hydrogen-bond acceptors (Lipinski definition) is 9. The number of halogens is 2. The van der Waals surface area contributed by atoms with E-state index >= 15 is 0 Å². The van der Waals surface area contributed by atoms with Crippen molar-refractivity contribution in [2.24, 2.45) is 10.8 Å². The van der Waals surface area contributed by atoms with Crippen LogP contribution in [0.4, 0.5) is 9.18 Å². The molecule has 39 heavy (non-hydrogen) atoms. The van der Waals surface area contributed by atoms with Gasteiger partial charge < -0.3 is 20.5 Å². The Morgan fingerprint density at radius 1 is 1.31 bits per heavy atom. The summed E-state index contributed by atoms with van der Waals surface area (Å²) in [7, 11) is -4.35. The summed E-state index contributed by atoms with van der Waals surface area (Å²) in [6, 6.07) is 9.38. The molecule has 16 heteroatoms. The number of nitrogens with one attached hydrogen (secondary N) is 1.